The van der Waals surface area contributed by atoms with E-state index in [1.54, 1.807) is 6.07 Å². The van der Waals surface area contributed by atoms with Gasteiger partial charge in [0.25, 0.3) is 5.91 Å². The Labute approximate surface area is 142 Å². The van der Waals surface area contributed by atoms with Crippen LogP contribution in [0.25, 0.3) is 0 Å². The summed E-state index contributed by atoms with van der Waals surface area (Å²) in [6, 6.07) is 7.93. The Hall–Kier alpha value is -1.82. The lowest BCUT2D eigenvalue weighted by molar-refractivity contribution is 0.0943. The van der Waals surface area contributed by atoms with Crippen LogP contribution in [0.4, 0.5) is 5.69 Å². The number of benzene rings is 1. The molecular formula is C17H24N4OS. The fourth-order valence-electron chi connectivity index (χ4n) is 3.74. The molecule has 0 aromatic heterocycles. The molecule has 2 bridgehead atoms. The Kier molecular flexibility index (Phi) is 4.71. The molecule has 0 radical (unpaired) electrons. The van der Waals surface area contributed by atoms with Crippen LogP contribution in [0.2, 0.25) is 0 Å². The predicted molar refractivity (Wildman–Crippen MR) is 96.3 cm³/mol. The number of hydrogen-bond acceptors (Lipinski definition) is 3. The number of rotatable bonds is 3. The summed E-state index contributed by atoms with van der Waals surface area (Å²) < 4.78 is 0. The lowest BCUT2D eigenvalue weighted by atomic mass is 9.96. The Balaban J connectivity index is 1.48. The zero-order chi connectivity index (χ0) is 16.4. The number of carbonyl (C=O) groups excluding carboxylic acids is 1. The summed E-state index contributed by atoms with van der Waals surface area (Å²) >= 11 is 5.30. The van der Waals surface area contributed by atoms with E-state index >= 15 is 0 Å². The molecule has 2 aliphatic rings. The van der Waals surface area contributed by atoms with Gasteiger partial charge in [0, 0.05) is 31.4 Å². The maximum atomic E-state index is 12.2. The van der Waals surface area contributed by atoms with E-state index in [1.165, 1.54) is 25.7 Å². The Morgan fingerprint density at radius 3 is 2.70 bits per heavy atom. The minimum atomic E-state index is -0.189. The number of nitrogens with zero attached hydrogens (tertiary/aromatic N) is 1. The van der Waals surface area contributed by atoms with Crippen molar-refractivity contribution >= 4 is 28.9 Å². The molecular weight excluding hydrogens is 308 g/mol. The first-order chi connectivity index (χ1) is 11.0. The van der Waals surface area contributed by atoms with Gasteiger partial charge in [-0.1, -0.05) is 12.5 Å². The van der Waals surface area contributed by atoms with Crippen LogP contribution in [0.1, 0.15) is 36.0 Å². The van der Waals surface area contributed by atoms with Crippen LogP contribution in [0.5, 0.6) is 0 Å². The fraction of sp³-hybridized carbons (Fsp3) is 0.529. The minimum absolute atomic E-state index is 0.189. The fourth-order valence-corrected chi connectivity index (χ4v) is 3.94. The van der Waals surface area contributed by atoms with Gasteiger partial charge in [0.1, 0.15) is 0 Å². The first-order valence-corrected chi connectivity index (χ1v) is 8.58. The van der Waals surface area contributed by atoms with Gasteiger partial charge >= 0.3 is 0 Å². The number of hydrazine groups is 1. The van der Waals surface area contributed by atoms with Crippen LogP contribution < -0.4 is 21.1 Å². The smallest absolute Gasteiger partial charge is 0.269 e. The van der Waals surface area contributed by atoms with E-state index in [4.69, 9.17) is 12.2 Å². The summed E-state index contributed by atoms with van der Waals surface area (Å²) in [5, 5.41) is 3.84. The topological polar surface area (TPSA) is 56.4 Å². The van der Waals surface area contributed by atoms with Gasteiger partial charge in [0.05, 0.1) is 0 Å². The monoisotopic (exact) mass is 332 g/mol. The maximum Gasteiger partial charge on any atom is 0.269 e. The van der Waals surface area contributed by atoms with E-state index in [9.17, 15) is 4.79 Å². The first kappa shape index (κ1) is 16.1. The van der Waals surface area contributed by atoms with Gasteiger partial charge in [-0.05, 0) is 61.5 Å². The van der Waals surface area contributed by atoms with Gasteiger partial charge in [-0.15, -0.1) is 0 Å². The minimum Gasteiger partial charge on any atom is -0.378 e. The molecule has 1 aromatic carbocycles. The molecule has 2 saturated carbocycles. The number of nitrogens with one attached hydrogen (secondary N) is 3. The van der Waals surface area contributed by atoms with Gasteiger partial charge < -0.3 is 10.2 Å². The number of fused-ring (bicyclic) bond motifs is 2. The van der Waals surface area contributed by atoms with Gasteiger partial charge in [-0.3, -0.25) is 15.6 Å². The highest BCUT2D eigenvalue weighted by Crippen LogP contribution is 2.44. The van der Waals surface area contributed by atoms with Crippen LogP contribution in [0.15, 0.2) is 24.3 Å². The molecule has 1 amide bonds. The van der Waals surface area contributed by atoms with Crippen molar-refractivity contribution in [2.24, 2.45) is 11.8 Å². The summed E-state index contributed by atoms with van der Waals surface area (Å²) in [6.07, 6.45) is 5.19. The molecule has 3 rings (SSSR count). The number of amides is 1. The zero-order valence-electron chi connectivity index (χ0n) is 13.6. The van der Waals surface area contributed by atoms with Crippen molar-refractivity contribution < 1.29 is 4.79 Å². The lowest BCUT2D eigenvalue weighted by Crippen LogP contribution is -2.50. The van der Waals surface area contributed by atoms with Crippen molar-refractivity contribution in [2.45, 2.75) is 31.7 Å². The molecule has 124 valence electrons. The normalized spacial score (nSPS) is 25.0. The van der Waals surface area contributed by atoms with E-state index in [-0.39, 0.29) is 5.91 Å². The quantitative estimate of drug-likeness (QED) is 0.584. The molecule has 6 heteroatoms. The first-order valence-electron chi connectivity index (χ1n) is 8.17. The Morgan fingerprint density at radius 2 is 2.04 bits per heavy atom. The highest BCUT2D eigenvalue weighted by molar-refractivity contribution is 7.80. The van der Waals surface area contributed by atoms with Crippen molar-refractivity contribution in [3.63, 3.8) is 0 Å². The van der Waals surface area contributed by atoms with Crippen LogP contribution in [0.3, 0.4) is 0 Å². The van der Waals surface area contributed by atoms with Crippen molar-refractivity contribution in [2.75, 3.05) is 19.0 Å². The third-order valence-corrected chi connectivity index (χ3v) is 5.19. The summed E-state index contributed by atoms with van der Waals surface area (Å²) in [7, 11) is 3.90. The Bertz CT molecular complexity index is 604. The molecule has 23 heavy (non-hydrogen) atoms. The lowest BCUT2D eigenvalue weighted by Gasteiger charge is -2.24. The van der Waals surface area contributed by atoms with Crippen LogP contribution in [0, 0.1) is 11.8 Å². The van der Waals surface area contributed by atoms with E-state index in [0.717, 1.165) is 17.5 Å². The summed E-state index contributed by atoms with van der Waals surface area (Å²) in [6.45, 7) is 0. The number of thiocarbonyl (C=S) groups is 1. The average molecular weight is 332 g/mol. The standard InChI is InChI=1S/C17H24N4OS/c1-21(2)14-5-3-4-13(10-14)16(22)19-20-17(23)18-15-9-11-6-7-12(15)8-11/h3-5,10-12,15H,6-9H2,1-2H3,(H,19,22)(H2,18,20,23)/t11-,12+,15+/m0/s1. The van der Waals surface area contributed by atoms with Gasteiger partial charge in [-0.2, -0.15) is 0 Å². The Morgan fingerprint density at radius 1 is 1.22 bits per heavy atom. The molecule has 0 saturated heterocycles. The molecule has 5 nitrogen and oxygen atoms in total. The van der Waals surface area contributed by atoms with Crippen molar-refractivity contribution in [3.8, 4) is 0 Å². The second kappa shape index (κ2) is 6.74. The van der Waals surface area contributed by atoms with Gasteiger partial charge in [0.15, 0.2) is 5.11 Å². The van der Waals surface area contributed by atoms with Crippen LogP contribution in [-0.2, 0) is 0 Å². The zero-order valence-corrected chi connectivity index (χ0v) is 14.5. The summed E-state index contributed by atoms with van der Waals surface area (Å²) in [5.74, 6) is 1.42. The molecule has 0 heterocycles. The summed E-state index contributed by atoms with van der Waals surface area (Å²) in [4.78, 5) is 14.2. The predicted octanol–water partition coefficient (Wildman–Crippen LogP) is 2.05. The molecule has 3 atom stereocenters. The third kappa shape index (κ3) is 3.75. The van der Waals surface area contributed by atoms with Crippen LogP contribution >= 0.6 is 12.2 Å². The second-order valence-electron chi connectivity index (χ2n) is 6.78. The van der Waals surface area contributed by atoms with E-state index < -0.39 is 0 Å². The largest absolute Gasteiger partial charge is 0.378 e. The number of hydrogen-bond donors (Lipinski definition) is 3. The molecule has 1 aromatic rings. The number of anilines is 1. The summed E-state index contributed by atoms with van der Waals surface area (Å²) in [5.41, 5.74) is 7.08. The molecule has 3 N–H and O–H groups in total. The van der Waals surface area contributed by atoms with Gasteiger partial charge in [-0.25, -0.2) is 0 Å². The average Bonchev–Trinajstić information content (AvgIpc) is 3.15. The highest BCUT2D eigenvalue weighted by atomic mass is 32.1. The maximum absolute atomic E-state index is 12.2. The molecule has 0 aliphatic heterocycles. The van der Waals surface area contributed by atoms with E-state index in [0.29, 0.717) is 16.7 Å². The van der Waals surface area contributed by atoms with Gasteiger partial charge in [0.2, 0.25) is 0 Å². The van der Waals surface area contributed by atoms with Crippen molar-refractivity contribution in [3.05, 3.63) is 29.8 Å². The SMILES string of the molecule is CN(C)c1cccc(C(=O)NNC(=S)N[C@@H]2C[C@H]3CC[C@@H]2C3)c1. The van der Waals surface area contributed by atoms with Crippen LogP contribution in [-0.4, -0.2) is 31.2 Å². The number of carbonyl (C=O) groups is 1. The molecule has 2 fully saturated rings. The third-order valence-electron chi connectivity index (χ3n) is 4.97. The van der Waals surface area contributed by atoms with Crippen molar-refractivity contribution in [1.82, 2.24) is 16.2 Å². The second-order valence-corrected chi connectivity index (χ2v) is 7.19. The van der Waals surface area contributed by atoms with Crippen molar-refractivity contribution in [1.29, 1.82) is 0 Å². The highest BCUT2D eigenvalue weighted by Gasteiger charge is 2.39. The molecule has 0 spiro atoms. The van der Waals surface area contributed by atoms with E-state index in [1.807, 2.05) is 37.2 Å². The van der Waals surface area contributed by atoms with E-state index in [2.05, 4.69) is 16.2 Å². The molecule has 0 unspecified atom stereocenters. The molecule has 2 aliphatic carbocycles.